The van der Waals surface area contributed by atoms with Crippen LogP contribution in [0.2, 0.25) is 5.02 Å². The molecule has 8 nitrogen and oxygen atoms in total. The summed E-state index contributed by atoms with van der Waals surface area (Å²) in [6, 6.07) is 8.07. The van der Waals surface area contributed by atoms with Crippen LogP contribution in [0.15, 0.2) is 34.7 Å². The van der Waals surface area contributed by atoms with Crippen molar-refractivity contribution in [3.8, 4) is 11.3 Å². The van der Waals surface area contributed by atoms with Crippen LogP contribution in [0.5, 0.6) is 0 Å². The number of furan rings is 1. The average molecular weight is 610 g/mol. The molecule has 3 heterocycles. The molecule has 2 saturated carbocycles. The minimum Gasteiger partial charge on any atom is -0.481 e. The predicted molar refractivity (Wildman–Crippen MR) is 160 cm³/mol. The molecule has 3 fully saturated rings. The van der Waals surface area contributed by atoms with E-state index < -0.39 is 17.3 Å². The van der Waals surface area contributed by atoms with Crippen molar-refractivity contribution >= 4 is 40.5 Å². The van der Waals surface area contributed by atoms with Crippen LogP contribution in [0, 0.1) is 23.1 Å². The number of carboxylic acids is 1. The van der Waals surface area contributed by atoms with Gasteiger partial charge in [-0.05, 0) is 68.6 Å². The van der Waals surface area contributed by atoms with E-state index in [2.05, 4.69) is 0 Å². The van der Waals surface area contributed by atoms with Crippen LogP contribution in [0.25, 0.3) is 22.4 Å². The first kappa shape index (κ1) is 29.6. The smallest absolute Gasteiger partial charge is 0.306 e. The number of halogens is 2. The van der Waals surface area contributed by atoms with Gasteiger partial charge in [0.2, 0.25) is 5.91 Å². The molecule has 6 rings (SSSR count). The summed E-state index contributed by atoms with van der Waals surface area (Å²) in [5.41, 5.74) is 2.03. The molecule has 1 N–H and O–H groups in total. The Hall–Kier alpha value is -3.46. The topological polar surface area (TPSA) is 104 Å². The van der Waals surface area contributed by atoms with Crippen LogP contribution >= 0.6 is 11.6 Å². The Morgan fingerprint density at radius 3 is 2.33 bits per heavy atom. The van der Waals surface area contributed by atoms with Gasteiger partial charge in [0.25, 0.3) is 5.91 Å². The lowest BCUT2D eigenvalue weighted by Gasteiger charge is -2.57. The van der Waals surface area contributed by atoms with Crippen molar-refractivity contribution in [2.24, 2.45) is 17.3 Å². The van der Waals surface area contributed by atoms with E-state index in [0.717, 1.165) is 18.4 Å². The van der Waals surface area contributed by atoms with Gasteiger partial charge in [-0.25, -0.2) is 9.37 Å². The number of carbonyl (C=O) groups excluding carboxylic acids is 2. The Morgan fingerprint density at radius 2 is 1.72 bits per heavy atom. The maximum absolute atomic E-state index is 14.3. The van der Waals surface area contributed by atoms with Crippen LogP contribution in [0.3, 0.4) is 0 Å². The molecule has 0 radical (unpaired) electrons. The van der Waals surface area contributed by atoms with Crippen LogP contribution in [0.4, 0.5) is 4.39 Å². The number of aromatic nitrogens is 1. The van der Waals surface area contributed by atoms with Crippen molar-refractivity contribution in [2.45, 2.75) is 71.3 Å². The fourth-order valence-electron chi connectivity index (χ4n) is 7.25. The third-order valence-electron chi connectivity index (χ3n) is 9.59. The van der Waals surface area contributed by atoms with Crippen molar-refractivity contribution in [3.63, 3.8) is 0 Å². The van der Waals surface area contributed by atoms with Gasteiger partial charge in [0.1, 0.15) is 11.3 Å². The molecule has 1 saturated heterocycles. The standard InChI is InChI=1S/C33H37ClFN3O5/c1-31(2,3)21-11-24(18-6-7-22(34)23(35)10-18)36-25-12-26(43-27(21)25)29(40)38-9-8-37(17-32(38,4)5)28(39)19-13-33(14-19)15-20(16-33)30(41)42/h6-7,10-12,19-20H,8-9,13-17H2,1-5H3,(H,41,42). The number of rotatable bonds is 4. The van der Waals surface area contributed by atoms with Crippen molar-refractivity contribution in [3.05, 3.63) is 52.5 Å². The maximum atomic E-state index is 14.3. The summed E-state index contributed by atoms with van der Waals surface area (Å²) >= 11 is 5.90. The second-order valence-electron chi connectivity index (χ2n) is 14.3. The molecular weight excluding hydrogens is 573 g/mol. The van der Waals surface area contributed by atoms with E-state index in [4.69, 9.17) is 21.0 Å². The number of piperazine rings is 1. The van der Waals surface area contributed by atoms with Crippen LogP contribution in [-0.4, -0.2) is 62.8 Å². The van der Waals surface area contributed by atoms with Crippen molar-refractivity contribution in [1.29, 1.82) is 0 Å². The first-order valence-corrected chi connectivity index (χ1v) is 15.2. The van der Waals surface area contributed by atoms with E-state index in [1.54, 1.807) is 17.0 Å². The molecule has 1 spiro atoms. The SMILES string of the molecule is CC(C)(C)c1cc(-c2ccc(Cl)c(F)c2)nc2cc(C(=O)N3CCN(C(=O)C4CC5(CC(C(=O)O)C5)C4)CC3(C)C)oc12. The molecular formula is C33H37ClFN3O5. The van der Waals surface area contributed by atoms with Crippen LogP contribution in [-0.2, 0) is 15.0 Å². The summed E-state index contributed by atoms with van der Waals surface area (Å²) in [6.07, 6.45) is 2.84. The minimum absolute atomic E-state index is 0.0273. The Morgan fingerprint density at radius 1 is 1.05 bits per heavy atom. The Labute approximate surface area is 255 Å². The number of fused-ring (bicyclic) bond motifs is 1. The molecule has 2 aromatic heterocycles. The van der Waals surface area contributed by atoms with Gasteiger partial charge in [0.15, 0.2) is 11.3 Å². The van der Waals surface area contributed by atoms with Gasteiger partial charge in [-0.2, -0.15) is 0 Å². The van der Waals surface area contributed by atoms with Gasteiger partial charge in [0.05, 0.1) is 22.2 Å². The molecule has 2 amide bonds. The first-order chi connectivity index (χ1) is 20.1. The van der Waals surface area contributed by atoms with Crippen LogP contribution in [0.1, 0.15) is 76.4 Å². The molecule has 2 aliphatic carbocycles. The number of amides is 2. The fraction of sp³-hybridized carbons (Fsp3) is 0.515. The summed E-state index contributed by atoms with van der Waals surface area (Å²) in [4.78, 5) is 46.7. The molecule has 228 valence electrons. The highest BCUT2D eigenvalue weighted by molar-refractivity contribution is 6.30. The van der Waals surface area contributed by atoms with Crippen molar-refractivity contribution < 1.29 is 28.3 Å². The summed E-state index contributed by atoms with van der Waals surface area (Å²) in [5.74, 6) is -1.63. The number of carbonyl (C=O) groups is 3. The van der Waals surface area contributed by atoms with E-state index in [9.17, 15) is 23.9 Å². The van der Waals surface area contributed by atoms with E-state index in [-0.39, 0.29) is 45.3 Å². The monoisotopic (exact) mass is 609 g/mol. The second kappa shape index (κ2) is 10.0. The molecule has 43 heavy (non-hydrogen) atoms. The highest BCUT2D eigenvalue weighted by Crippen LogP contribution is 2.61. The Balaban J connectivity index is 1.20. The average Bonchev–Trinajstić information content (AvgIpc) is 3.30. The van der Waals surface area contributed by atoms with E-state index in [1.807, 2.05) is 45.6 Å². The van der Waals surface area contributed by atoms with Gasteiger partial charge in [-0.1, -0.05) is 38.4 Å². The summed E-state index contributed by atoms with van der Waals surface area (Å²) < 4.78 is 20.5. The Kier molecular flexibility index (Phi) is 6.91. The molecule has 3 aliphatic rings. The number of hydrogen-bond donors (Lipinski definition) is 1. The minimum atomic E-state index is -0.741. The predicted octanol–water partition coefficient (Wildman–Crippen LogP) is 6.54. The first-order valence-electron chi connectivity index (χ1n) is 14.8. The summed E-state index contributed by atoms with van der Waals surface area (Å²) in [5, 5.41) is 9.24. The largest absolute Gasteiger partial charge is 0.481 e. The van der Waals surface area contributed by atoms with Crippen molar-refractivity contribution in [1.82, 2.24) is 14.8 Å². The number of nitrogens with zero attached hydrogens (tertiary/aromatic N) is 3. The third-order valence-corrected chi connectivity index (χ3v) is 9.89. The molecule has 0 bridgehead atoms. The summed E-state index contributed by atoms with van der Waals surface area (Å²) in [7, 11) is 0. The summed E-state index contributed by atoms with van der Waals surface area (Å²) in [6.45, 7) is 11.2. The normalized spacial score (nSPS) is 25.0. The zero-order valence-corrected chi connectivity index (χ0v) is 25.9. The number of pyridine rings is 1. The van der Waals surface area contributed by atoms with Crippen LogP contribution < -0.4 is 0 Å². The lowest BCUT2D eigenvalue weighted by atomic mass is 9.48. The maximum Gasteiger partial charge on any atom is 0.306 e. The van der Waals surface area contributed by atoms with E-state index in [1.165, 1.54) is 12.1 Å². The third kappa shape index (κ3) is 5.19. The molecule has 1 aliphatic heterocycles. The molecule has 0 unspecified atom stereocenters. The van der Waals surface area contributed by atoms with E-state index in [0.29, 0.717) is 54.8 Å². The number of hydrogen-bond acceptors (Lipinski definition) is 5. The molecule has 10 heteroatoms. The van der Waals surface area contributed by atoms with E-state index >= 15 is 0 Å². The van der Waals surface area contributed by atoms with Crippen molar-refractivity contribution in [2.75, 3.05) is 19.6 Å². The lowest BCUT2D eigenvalue weighted by molar-refractivity contribution is -0.166. The quantitative estimate of drug-likeness (QED) is 0.360. The van der Waals surface area contributed by atoms with Gasteiger partial charge in [-0.3, -0.25) is 14.4 Å². The number of benzene rings is 1. The van der Waals surface area contributed by atoms with Gasteiger partial charge >= 0.3 is 5.97 Å². The molecule has 1 aromatic carbocycles. The zero-order valence-electron chi connectivity index (χ0n) is 25.2. The highest BCUT2D eigenvalue weighted by Gasteiger charge is 2.57. The van der Waals surface area contributed by atoms with Gasteiger partial charge in [-0.15, -0.1) is 0 Å². The fourth-order valence-corrected chi connectivity index (χ4v) is 7.37. The second-order valence-corrected chi connectivity index (χ2v) is 14.7. The lowest BCUT2D eigenvalue weighted by Crippen LogP contribution is -2.64. The number of carboxylic acid groups (broad SMARTS) is 1. The molecule has 3 aromatic rings. The molecule has 0 atom stereocenters. The zero-order chi connectivity index (χ0) is 31.1. The number of aliphatic carboxylic acids is 1. The van der Waals surface area contributed by atoms with Gasteiger partial charge < -0.3 is 19.3 Å². The van der Waals surface area contributed by atoms with Gasteiger partial charge in [0, 0.05) is 42.7 Å². The highest BCUT2D eigenvalue weighted by atomic mass is 35.5. The Bertz CT molecular complexity index is 1640.